The second-order valence-corrected chi connectivity index (χ2v) is 9.14. The summed E-state index contributed by atoms with van der Waals surface area (Å²) in [7, 11) is -2.57. The molecular formula is C19H18FN5O4S2. The van der Waals surface area contributed by atoms with Crippen molar-refractivity contribution in [1.82, 2.24) is 15.3 Å². The van der Waals surface area contributed by atoms with Crippen LogP contribution in [-0.4, -0.2) is 37.8 Å². The van der Waals surface area contributed by atoms with Gasteiger partial charge >= 0.3 is 6.03 Å². The molecule has 3 N–H and O–H groups in total. The maximum Gasteiger partial charge on any atom is 0.322 e. The van der Waals surface area contributed by atoms with Crippen LogP contribution in [0, 0.1) is 5.82 Å². The standard InChI is InChI=1S/C19H18FN5O4S2/c1-29-18-13(20)6-12-16-11(7-22-17(12)24-18)8-23-19(26)25(16)9-10-3-4-15(31(21,27)28)14(5-10)30-2/h3-7H,8-9H2,1-2H3,(H,23,26)(H2,21,27,28). The number of hydrogen-bond donors (Lipinski definition) is 2. The molecule has 1 aliphatic heterocycles. The van der Waals surface area contributed by atoms with Crippen LogP contribution in [0.5, 0.6) is 5.88 Å². The molecule has 0 saturated carbocycles. The summed E-state index contributed by atoms with van der Waals surface area (Å²) in [5, 5.41) is 8.41. The van der Waals surface area contributed by atoms with Crippen LogP contribution in [-0.2, 0) is 23.1 Å². The number of hydrogen-bond acceptors (Lipinski definition) is 7. The summed E-state index contributed by atoms with van der Waals surface area (Å²) in [5.74, 6) is -0.853. The van der Waals surface area contributed by atoms with E-state index in [1.165, 1.54) is 35.9 Å². The molecule has 1 aliphatic rings. The maximum atomic E-state index is 14.4. The Morgan fingerprint density at radius 1 is 1.35 bits per heavy atom. The topological polar surface area (TPSA) is 128 Å². The molecule has 0 spiro atoms. The number of pyridine rings is 2. The van der Waals surface area contributed by atoms with Gasteiger partial charge < -0.3 is 10.1 Å². The zero-order chi connectivity index (χ0) is 22.3. The SMILES string of the molecule is COc1nc2ncc3c(c2cc1F)N(Cc1ccc(S(N)(=O)=O)c(SC)c1)C(=O)NC3. The molecule has 0 aliphatic carbocycles. The first-order valence-corrected chi connectivity index (χ1v) is 11.8. The van der Waals surface area contributed by atoms with Crippen LogP contribution in [0.1, 0.15) is 11.1 Å². The van der Waals surface area contributed by atoms with Gasteiger partial charge in [0.25, 0.3) is 5.88 Å². The van der Waals surface area contributed by atoms with E-state index in [0.29, 0.717) is 27.1 Å². The van der Waals surface area contributed by atoms with E-state index < -0.39 is 15.8 Å². The lowest BCUT2D eigenvalue weighted by Crippen LogP contribution is -2.44. The zero-order valence-corrected chi connectivity index (χ0v) is 18.2. The number of rotatable bonds is 5. The molecule has 4 rings (SSSR count). The summed E-state index contributed by atoms with van der Waals surface area (Å²) in [6.07, 6.45) is 3.31. The van der Waals surface area contributed by atoms with Gasteiger partial charge in [0.1, 0.15) is 0 Å². The minimum Gasteiger partial charge on any atom is -0.479 e. The quantitative estimate of drug-likeness (QED) is 0.556. The van der Waals surface area contributed by atoms with Crippen molar-refractivity contribution in [2.24, 2.45) is 5.14 Å². The summed E-state index contributed by atoms with van der Waals surface area (Å²) in [4.78, 5) is 23.0. The lowest BCUT2D eigenvalue weighted by Gasteiger charge is -2.31. The number of thioether (sulfide) groups is 1. The monoisotopic (exact) mass is 463 g/mol. The minimum atomic E-state index is -3.88. The van der Waals surface area contributed by atoms with E-state index >= 15 is 0 Å². The van der Waals surface area contributed by atoms with Crippen LogP contribution in [0.4, 0.5) is 14.9 Å². The molecule has 3 aromatic rings. The van der Waals surface area contributed by atoms with Crippen molar-refractivity contribution in [3.8, 4) is 5.88 Å². The number of urea groups is 1. The smallest absolute Gasteiger partial charge is 0.322 e. The number of carbonyl (C=O) groups excluding carboxylic acids is 1. The first kappa shape index (κ1) is 21.3. The molecule has 12 heteroatoms. The number of nitrogens with two attached hydrogens (primary N) is 1. The average molecular weight is 464 g/mol. The van der Waals surface area contributed by atoms with E-state index in [0.717, 1.165) is 0 Å². The van der Waals surface area contributed by atoms with Crippen molar-refractivity contribution in [1.29, 1.82) is 0 Å². The number of ether oxygens (including phenoxy) is 1. The zero-order valence-electron chi connectivity index (χ0n) is 16.5. The molecule has 0 saturated heterocycles. The van der Waals surface area contributed by atoms with E-state index in [-0.39, 0.29) is 35.5 Å². The van der Waals surface area contributed by atoms with Crippen LogP contribution in [0.3, 0.4) is 0 Å². The number of methoxy groups -OCH3 is 1. The number of nitrogens with zero attached hydrogens (tertiary/aromatic N) is 3. The molecule has 0 fully saturated rings. The third-order valence-electron chi connectivity index (χ3n) is 4.84. The predicted octanol–water partition coefficient (Wildman–Crippen LogP) is 2.38. The van der Waals surface area contributed by atoms with Crippen molar-refractivity contribution < 1.29 is 22.3 Å². The number of aromatic nitrogens is 2. The average Bonchev–Trinajstić information content (AvgIpc) is 2.74. The first-order chi connectivity index (χ1) is 14.7. The van der Waals surface area contributed by atoms with E-state index in [1.54, 1.807) is 24.6 Å². The first-order valence-electron chi connectivity index (χ1n) is 9.00. The maximum absolute atomic E-state index is 14.4. The molecule has 162 valence electrons. The van der Waals surface area contributed by atoms with Gasteiger partial charge in [-0.05, 0) is 30.0 Å². The van der Waals surface area contributed by atoms with Gasteiger partial charge in [-0.2, -0.15) is 4.98 Å². The third-order valence-corrected chi connectivity index (χ3v) is 6.72. The number of halogens is 1. The molecule has 0 atom stereocenters. The number of amides is 2. The lowest BCUT2D eigenvalue weighted by atomic mass is 10.1. The Hall–Kier alpha value is -2.96. The predicted molar refractivity (Wildman–Crippen MR) is 114 cm³/mol. The van der Waals surface area contributed by atoms with Gasteiger partial charge in [-0.3, -0.25) is 4.90 Å². The molecule has 31 heavy (non-hydrogen) atoms. The third kappa shape index (κ3) is 3.89. The Morgan fingerprint density at radius 3 is 2.81 bits per heavy atom. The Balaban J connectivity index is 1.82. The van der Waals surface area contributed by atoms with Crippen molar-refractivity contribution >= 4 is 44.5 Å². The van der Waals surface area contributed by atoms with Gasteiger partial charge in [0, 0.05) is 28.6 Å². The Labute approximate surface area is 181 Å². The molecule has 3 heterocycles. The van der Waals surface area contributed by atoms with Crippen molar-refractivity contribution in [3.05, 3.63) is 47.4 Å². The lowest BCUT2D eigenvalue weighted by molar-refractivity contribution is 0.244. The van der Waals surface area contributed by atoms with Crippen molar-refractivity contribution in [3.63, 3.8) is 0 Å². The molecule has 2 aromatic heterocycles. The van der Waals surface area contributed by atoms with E-state index in [4.69, 9.17) is 9.88 Å². The van der Waals surface area contributed by atoms with E-state index in [2.05, 4.69) is 15.3 Å². The Bertz CT molecular complexity index is 1320. The Morgan fingerprint density at radius 2 is 2.13 bits per heavy atom. The fourth-order valence-corrected chi connectivity index (χ4v) is 5.18. The number of carbonyl (C=O) groups is 1. The molecule has 9 nitrogen and oxygen atoms in total. The van der Waals surface area contributed by atoms with E-state index in [9.17, 15) is 17.6 Å². The summed E-state index contributed by atoms with van der Waals surface area (Å²) in [5.41, 5.74) is 2.10. The number of fused-ring (bicyclic) bond motifs is 3. The van der Waals surface area contributed by atoms with E-state index in [1.807, 2.05) is 0 Å². The normalized spacial score (nSPS) is 13.8. The molecule has 0 radical (unpaired) electrons. The largest absolute Gasteiger partial charge is 0.479 e. The fraction of sp³-hybridized carbons (Fsp3) is 0.211. The van der Waals surface area contributed by atoms with Gasteiger partial charge in [-0.25, -0.2) is 27.7 Å². The van der Waals surface area contributed by atoms with Gasteiger partial charge in [0.05, 0.1) is 24.2 Å². The Kier molecular flexibility index (Phi) is 5.45. The van der Waals surface area contributed by atoms with Crippen LogP contribution < -0.4 is 20.1 Å². The molecule has 0 unspecified atom stereocenters. The second-order valence-electron chi connectivity index (χ2n) is 6.76. The molecule has 0 bridgehead atoms. The number of nitrogens with one attached hydrogen (secondary N) is 1. The summed E-state index contributed by atoms with van der Waals surface area (Å²) in [6, 6.07) is 5.53. The number of sulfonamides is 1. The fourth-order valence-electron chi connectivity index (χ4n) is 3.45. The minimum absolute atomic E-state index is 0.0141. The van der Waals surface area contributed by atoms with Gasteiger partial charge in [-0.15, -0.1) is 11.8 Å². The van der Waals surface area contributed by atoms with Crippen LogP contribution in [0.15, 0.2) is 40.3 Å². The highest BCUT2D eigenvalue weighted by Crippen LogP contribution is 2.35. The highest BCUT2D eigenvalue weighted by atomic mass is 32.2. The van der Waals surface area contributed by atoms with Gasteiger partial charge in [-0.1, -0.05) is 6.07 Å². The van der Waals surface area contributed by atoms with Crippen molar-refractivity contribution in [2.45, 2.75) is 22.9 Å². The second kappa shape index (κ2) is 7.94. The van der Waals surface area contributed by atoms with Crippen LogP contribution in [0.2, 0.25) is 0 Å². The highest BCUT2D eigenvalue weighted by Gasteiger charge is 2.28. The van der Waals surface area contributed by atoms with Crippen molar-refractivity contribution in [2.75, 3.05) is 18.3 Å². The highest BCUT2D eigenvalue weighted by molar-refractivity contribution is 7.99. The van der Waals surface area contributed by atoms with Gasteiger partial charge in [0.15, 0.2) is 11.5 Å². The molecule has 1 aromatic carbocycles. The molecular weight excluding hydrogens is 445 g/mol. The number of anilines is 1. The van der Waals surface area contributed by atoms with Crippen LogP contribution >= 0.6 is 11.8 Å². The molecule has 2 amide bonds. The summed E-state index contributed by atoms with van der Waals surface area (Å²) >= 11 is 1.23. The summed E-state index contributed by atoms with van der Waals surface area (Å²) < 4.78 is 42.9. The van der Waals surface area contributed by atoms with Gasteiger partial charge in [0.2, 0.25) is 10.0 Å². The number of primary sulfonamides is 1. The van der Waals surface area contributed by atoms with Crippen LogP contribution in [0.25, 0.3) is 11.0 Å². The summed E-state index contributed by atoms with van der Waals surface area (Å²) in [6.45, 7) is 0.353. The number of benzene rings is 1.